The molecule has 152 valence electrons. The number of hydrogen-bond donors (Lipinski definition) is 3. The van der Waals surface area contributed by atoms with Crippen molar-refractivity contribution >= 4 is 17.9 Å². The molecule has 2 aromatic carbocycles. The highest BCUT2D eigenvalue weighted by atomic mass is 16.4. The van der Waals surface area contributed by atoms with Crippen molar-refractivity contribution in [3.63, 3.8) is 0 Å². The quantitative estimate of drug-likeness (QED) is 0.565. The molecule has 3 N–H and O–H groups in total. The Morgan fingerprint density at radius 2 is 1.59 bits per heavy atom. The maximum atomic E-state index is 9.10. The fraction of sp³-hybridized carbons (Fsp3) is 0.227. The van der Waals surface area contributed by atoms with E-state index < -0.39 is 11.9 Å². The summed E-state index contributed by atoms with van der Waals surface area (Å²) in [4.78, 5) is 22.7. The van der Waals surface area contributed by atoms with Crippen LogP contribution in [0, 0.1) is 0 Å². The Bertz CT molecular complexity index is 936. The third-order valence-electron chi connectivity index (χ3n) is 4.34. The van der Waals surface area contributed by atoms with E-state index in [1.807, 2.05) is 31.4 Å². The number of carbonyl (C=O) groups is 2. The van der Waals surface area contributed by atoms with Crippen molar-refractivity contribution in [3.8, 4) is 11.3 Å². The van der Waals surface area contributed by atoms with Gasteiger partial charge in [-0.2, -0.15) is 0 Å². The Morgan fingerprint density at radius 3 is 2.10 bits per heavy atom. The van der Waals surface area contributed by atoms with Gasteiger partial charge >= 0.3 is 11.9 Å². The van der Waals surface area contributed by atoms with Crippen LogP contribution in [-0.2, 0) is 23.2 Å². The number of aromatic nitrogens is 2. The molecule has 0 atom stereocenters. The van der Waals surface area contributed by atoms with Gasteiger partial charge in [0, 0.05) is 13.6 Å². The van der Waals surface area contributed by atoms with Crippen molar-refractivity contribution < 1.29 is 19.8 Å². The van der Waals surface area contributed by atoms with Gasteiger partial charge < -0.3 is 20.1 Å². The van der Waals surface area contributed by atoms with E-state index >= 15 is 0 Å². The first kappa shape index (κ1) is 21.7. The molecule has 0 aliphatic carbocycles. The number of rotatable bonds is 5. The zero-order valence-electron chi connectivity index (χ0n) is 16.7. The summed E-state index contributed by atoms with van der Waals surface area (Å²) in [5.41, 5.74) is 4.93. The standard InChI is InChI=1S/C20H23N3.C2H2O4/c1-15(2)17-11-9-16(10-12-17)13-21-20-22-14-19(23(20)3)18-7-5-4-6-8-18;3-1(4)2(5)6/h4-12,14-15H,13H2,1-3H3,(H,21,22);(H,3,4)(H,5,6). The molecule has 0 bridgehead atoms. The molecular weight excluding hydrogens is 370 g/mol. The lowest BCUT2D eigenvalue weighted by Gasteiger charge is -2.10. The Kier molecular flexibility index (Phi) is 7.54. The van der Waals surface area contributed by atoms with E-state index in [0.29, 0.717) is 5.92 Å². The van der Waals surface area contributed by atoms with Gasteiger partial charge in [-0.15, -0.1) is 0 Å². The van der Waals surface area contributed by atoms with Crippen LogP contribution in [0.4, 0.5) is 5.95 Å². The summed E-state index contributed by atoms with van der Waals surface area (Å²) in [6.07, 6.45) is 1.92. The zero-order chi connectivity index (χ0) is 21.4. The van der Waals surface area contributed by atoms with Crippen molar-refractivity contribution in [3.05, 3.63) is 71.9 Å². The van der Waals surface area contributed by atoms with Gasteiger partial charge in [0.25, 0.3) is 0 Å². The summed E-state index contributed by atoms with van der Waals surface area (Å²) < 4.78 is 2.10. The number of carboxylic acid groups (broad SMARTS) is 2. The molecule has 0 saturated heterocycles. The smallest absolute Gasteiger partial charge is 0.414 e. The first-order valence-corrected chi connectivity index (χ1v) is 9.15. The second-order valence-electron chi connectivity index (χ2n) is 6.75. The van der Waals surface area contributed by atoms with Crippen molar-refractivity contribution in [1.82, 2.24) is 9.55 Å². The summed E-state index contributed by atoms with van der Waals surface area (Å²) in [6, 6.07) is 19.1. The first-order valence-electron chi connectivity index (χ1n) is 9.15. The molecule has 3 rings (SSSR count). The van der Waals surface area contributed by atoms with Crippen LogP contribution < -0.4 is 5.32 Å². The maximum Gasteiger partial charge on any atom is 0.414 e. The number of imidazole rings is 1. The number of anilines is 1. The van der Waals surface area contributed by atoms with Gasteiger partial charge in [0.2, 0.25) is 5.95 Å². The predicted octanol–water partition coefficient (Wildman–Crippen LogP) is 3.98. The Labute approximate surface area is 169 Å². The number of nitrogens with one attached hydrogen (secondary N) is 1. The molecule has 29 heavy (non-hydrogen) atoms. The number of hydrogen-bond acceptors (Lipinski definition) is 4. The highest BCUT2D eigenvalue weighted by Crippen LogP contribution is 2.22. The molecule has 0 fully saturated rings. The third kappa shape index (κ3) is 6.21. The summed E-state index contributed by atoms with van der Waals surface area (Å²) in [5, 5.41) is 18.2. The summed E-state index contributed by atoms with van der Waals surface area (Å²) in [7, 11) is 2.04. The van der Waals surface area contributed by atoms with Crippen LogP contribution in [0.1, 0.15) is 30.9 Å². The fourth-order valence-corrected chi connectivity index (χ4v) is 2.65. The second-order valence-corrected chi connectivity index (χ2v) is 6.75. The lowest BCUT2D eigenvalue weighted by atomic mass is 10.0. The Morgan fingerprint density at radius 1 is 1.00 bits per heavy atom. The first-order chi connectivity index (χ1) is 13.8. The van der Waals surface area contributed by atoms with Gasteiger partial charge in [-0.3, -0.25) is 0 Å². The zero-order valence-corrected chi connectivity index (χ0v) is 16.7. The van der Waals surface area contributed by atoms with E-state index in [-0.39, 0.29) is 0 Å². The predicted molar refractivity (Wildman–Crippen MR) is 112 cm³/mol. The average Bonchev–Trinajstić information content (AvgIpc) is 3.08. The number of carboxylic acids is 2. The highest BCUT2D eigenvalue weighted by Gasteiger charge is 2.08. The molecule has 3 aromatic rings. The van der Waals surface area contributed by atoms with Crippen LogP contribution in [0.5, 0.6) is 0 Å². The minimum Gasteiger partial charge on any atom is -0.473 e. The van der Waals surface area contributed by atoms with Crippen molar-refractivity contribution in [2.75, 3.05) is 5.32 Å². The Balaban J connectivity index is 0.000000438. The Hall–Kier alpha value is -3.61. The summed E-state index contributed by atoms with van der Waals surface area (Å²) in [6.45, 7) is 5.20. The molecule has 1 aromatic heterocycles. The minimum atomic E-state index is -1.82. The van der Waals surface area contributed by atoms with Gasteiger partial charge in [0.15, 0.2) is 0 Å². The summed E-state index contributed by atoms with van der Waals surface area (Å²) in [5.74, 6) is -2.19. The van der Waals surface area contributed by atoms with Gasteiger partial charge in [0.05, 0.1) is 11.9 Å². The van der Waals surface area contributed by atoms with E-state index in [2.05, 4.69) is 65.1 Å². The molecule has 0 radical (unpaired) electrons. The maximum absolute atomic E-state index is 9.10. The monoisotopic (exact) mass is 395 g/mol. The number of nitrogens with zero attached hydrogens (tertiary/aromatic N) is 2. The average molecular weight is 395 g/mol. The molecule has 0 aliphatic rings. The minimum absolute atomic E-state index is 0.569. The lowest BCUT2D eigenvalue weighted by molar-refractivity contribution is -0.159. The van der Waals surface area contributed by atoms with Gasteiger partial charge in [-0.25, -0.2) is 14.6 Å². The van der Waals surface area contributed by atoms with Crippen LogP contribution in [0.15, 0.2) is 60.8 Å². The third-order valence-corrected chi connectivity index (χ3v) is 4.34. The van der Waals surface area contributed by atoms with Crippen LogP contribution in [0.3, 0.4) is 0 Å². The van der Waals surface area contributed by atoms with E-state index in [0.717, 1.165) is 18.2 Å². The van der Waals surface area contributed by atoms with E-state index in [1.54, 1.807) is 0 Å². The summed E-state index contributed by atoms with van der Waals surface area (Å²) >= 11 is 0. The van der Waals surface area contributed by atoms with E-state index in [4.69, 9.17) is 19.8 Å². The van der Waals surface area contributed by atoms with Crippen molar-refractivity contribution in [2.45, 2.75) is 26.3 Å². The van der Waals surface area contributed by atoms with Crippen molar-refractivity contribution in [1.29, 1.82) is 0 Å². The molecule has 1 heterocycles. The molecule has 0 amide bonds. The fourth-order valence-electron chi connectivity index (χ4n) is 2.65. The van der Waals surface area contributed by atoms with Crippen LogP contribution in [0.2, 0.25) is 0 Å². The second kappa shape index (κ2) is 10.1. The van der Waals surface area contributed by atoms with Gasteiger partial charge in [0.1, 0.15) is 0 Å². The van der Waals surface area contributed by atoms with E-state index in [1.165, 1.54) is 16.7 Å². The number of aliphatic carboxylic acids is 2. The topological polar surface area (TPSA) is 104 Å². The van der Waals surface area contributed by atoms with E-state index in [9.17, 15) is 0 Å². The molecule has 0 saturated carbocycles. The SMILES string of the molecule is CC(C)c1ccc(CNc2ncc(-c3ccccc3)n2C)cc1.O=C(O)C(=O)O. The van der Waals surface area contributed by atoms with Crippen LogP contribution >= 0.6 is 0 Å². The van der Waals surface area contributed by atoms with Crippen LogP contribution in [0.25, 0.3) is 11.3 Å². The van der Waals surface area contributed by atoms with Crippen LogP contribution in [-0.4, -0.2) is 31.7 Å². The van der Waals surface area contributed by atoms with Crippen molar-refractivity contribution in [2.24, 2.45) is 7.05 Å². The molecule has 0 spiro atoms. The molecule has 0 aliphatic heterocycles. The van der Waals surface area contributed by atoms with Gasteiger partial charge in [-0.05, 0) is 22.6 Å². The molecule has 0 unspecified atom stereocenters. The highest BCUT2D eigenvalue weighted by molar-refractivity contribution is 6.27. The number of benzene rings is 2. The molecule has 7 nitrogen and oxygen atoms in total. The molecular formula is C22H25N3O4. The molecule has 7 heteroatoms. The van der Waals surface area contributed by atoms with Gasteiger partial charge in [-0.1, -0.05) is 68.4 Å². The normalized spacial score (nSPS) is 10.2. The lowest BCUT2D eigenvalue weighted by Crippen LogP contribution is -2.09. The largest absolute Gasteiger partial charge is 0.473 e.